The van der Waals surface area contributed by atoms with Gasteiger partial charge >= 0.3 is 0 Å². The van der Waals surface area contributed by atoms with Crippen LogP contribution in [0.4, 0.5) is 10.1 Å². The predicted octanol–water partition coefficient (Wildman–Crippen LogP) is 3.11. The number of nitrogens with zero attached hydrogens (tertiary/aromatic N) is 2. The van der Waals surface area contributed by atoms with Crippen molar-refractivity contribution in [3.63, 3.8) is 0 Å². The Hall–Kier alpha value is -1.95. The number of nitrogen functional groups attached to an aromatic ring is 1. The number of aromatic nitrogens is 3. The number of hydrogen-bond donors (Lipinski definition) is 2. The molecule has 3 aromatic rings. The molecule has 0 unspecified atom stereocenters. The Kier molecular flexibility index (Phi) is 2.52. The predicted molar refractivity (Wildman–Crippen MR) is 71.4 cm³/mol. The number of imidazole rings is 1. The van der Waals surface area contributed by atoms with Crippen molar-refractivity contribution >= 4 is 32.8 Å². The summed E-state index contributed by atoms with van der Waals surface area (Å²) in [7, 11) is 0. The van der Waals surface area contributed by atoms with Crippen molar-refractivity contribution in [1.82, 2.24) is 15.0 Å². The molecule has 0 spiro atoms. The smallest absolute Gasteiger partial charge is 0.178 e. The Morgan fingerprint density at radius 1 is 1.33 bits per heavy atom. The lowest BCUT2D eigenvalue weighted by Crippen LogP contribution is -1.94. The van der Waals surface area contributed by atoms with Gasteiger partial charge in [0.1, 0.15) is 11.6 Å². The number of aromatic amines is 1. The molecule has 0 saturated carbocycles. The Morgan fingerprint density at radius 3 is 2.94 bits per heavy atom. The molecule has 0 radical (unpaired) electrons. The fourth-order valence-electron chi connectivity index (χ4n) is 1.78. The number of hydrogen-bond acceptors (Lipinski definition) is 3. The maximum absolute atomic E-state index is 13.8. The van der Waals surface area contributed by atoms with Crippen LogP contribution in [0.3, 0.4) is 0 Å². The molecule has 0 aliphatic heterocycles. The summed E-state index contributed by atoms with van der Waals surface area (Å²) in [6.07, 6.45) is 1.64. The molecule has 18 heavy (non-hydrogen) atoms. The van der Waals surface area contributed by atoms with E-state index in [9.17, 15) is 4.39 Å². The molecule has 3 rings (SSSR count). The summed E-state index contributed by atoms with van der Waals surface area (Å²) >= 11 is 3.32. The lowest BCUT2D eigenvalue weighted by molar-refractivity contribution is 0.631. The summed E-state index contributed by atoms with van der Waals surface area (Å²) in [6.45, 7) is 0. The zero-order valence-electron chi connectivity index (χ0n) is 9.11. The third-order valence-electron chi connectivity index (χ3n) is 2.59. The van der Waals surface area contributed by atoms with Crippen LogP contribution in [0.1, 0.15) is 0 Å². The van der Waals surface area contributed by atoms with Crippen LogP contribution in [0.25, 0.3) is 22.6 Å². The van der Waals surface area contributed by atoms with Crippen LogP contribution in [0, 0.1) is 5.82 Å². The summed E-state index contributed by atoms with van der Waals surface area (Å²) in [6, 6.07) is 6.37. The first-order valence-corrected chi connectivity index (χ1v) is 6.00. The second-order valence-corrected chi connectivity index (χ2v) is 4.73. The van der Waals surface area contributed by atoms with Crippen molar-refractivity contribution in [2.24, 2.45) is 0 Å². The summed E-state index contributed by atoms with van der Waals surface area (Å²) in [5.41, 5.74) is 7.63. The van der Waals surface area contributed by atoms with Crippen molar-refractivity contribution in [3.05, 3.63) is 40.8 Å². The quantitative estimate of drug-likeness (QED) is 0.679. The number of fused-ring (bicyclic) bond motifs is 1. The standard InChI is InChI=1S/C12H8BrFN4/c13-6-4-9-11(16-5-6)18-12(17-9)10-7(14)2-1-3-8(10)15/h1-5H,15H2,(H,16,17,18). The van der Waals surface area contributed by atoms with Crippen LogP contribution >= 0.6 is 15.9 Å². The fraction of sp³-hybridized carbons (Fsp3) is 0. The summed E-state index contributed by atoms with van der Waals surface area (Å²) < 4.78 is 14.6. The van der Waals surface area contributed by atoms with Crippen LogP contribution in [0.15, 0.2) is 34.9 Å². The highest BCUT2D eigenvalue weighted by molar-refractivity contribution is 9.10. The molecule has 90 valence electrons. The summed E-state index contributed by atoms with van der Waals surface area (Å²) in [4.78, 5) is 11.4. The van der Waals surface area contributed by atoms with Crippen LogP contribution in [-0.4, -0.2) is 15.0 Å². The highest BCUT2D eigenvalue weighted by Gasteiger charge is 2.13. The van der Waals surface area contributed by atoms with E-state index in [1.807, 2.05) is 6.07 Å². The van der Waals surface area contributed by atoms with E-state index < -0.39 is 5.82 Å². The first kappa shape index (κ1) is 11.2. The van der Waals surface area contributed by atoms with Gasteiger partial charge in [-0.3, -0.25) is 0 Å². The molecule has 0 atom stereocenters. The van der Waals surface area contributed by atoms with Crippen molar-refractivity contribution in [2.45, 2.75) is 0 Å². The first-order valence-electron chi connectivity index (χ1n) is 5.21. The van der Waals surface area contributed by atoms with Crippen molar-refractivity contribution in [2.75, 3.05) is 5.73 Å². The van der Waals surface area contributed by atoms with Crippen molar-refractivity contribution < 1.29 is 4.39 Å². The Bertz CT molecular complexity index is 718. The molecule has 2 heterocycles. The number of anilines is 1. The third kappa shape index (κ3) is 1.74. The molecule has 0 saturated heterocycles. The van der Waals surface area contributed by atoms with Gasteiger partial charge in [-0.05, 0) is 34.1 Å². The molecule has 4 nitrogen and oxygen atoms in total. The van der Waals surface area contributed by atoms with Gasteiger partial charge in [-0.15, -0.1) is 0 Å². The van der Waals surface area contributed by atoms with Gasteiger partial charge in [0.15, 0.2) is 5.65 Å². The number of nitrogens with two attached hydrogens (primary N) is 1. The van der Waals surface area contributed by atoms with E-state index in [0.717, 1.165) is 9.99 Å². The number of halogens is 2. The average molecular weight is 307 g/mol. The minimum absolute atomic E-state index is 0.270. The molecule has 0 bridgehead atoms. The average Bonchev–Trinajstić information content (AvgIpc) is 2.71. The van der Waals surface area contributed by atoms with Gasteiger partial charge < -0.3 is 10.7 Å². The number of rotatable bonds is 1. The highest BCUT2D eigenvalue weighted by atomic mass is 79.9. The highest BCUT2D eigenvalue weighted by Crippen LogP contribution is 2.28. The third-order valence-corrected chi connectivity index (χ3v) is 3.02. The first-order chi connectivity index (χ1) is 8.65. The van der Waals surface area contributed by atoms with Gasteiger partial charge in [-0.25, -0.2) is 14.4 Å². The molecule has 2 aromatic heterocycles. The molecule has 1 aromatic carbocycles. The van der Waals surface area contributed by atoms with E-state index >= 15 is 0 Å². The Labute approximate surface area is 110 Å². The maximum atomic E-state index is 13.8. The molecule has 0 amide bonds. The number of nitrogens with one attached hydrogen (secondary N) is 1. The van der Waals surface area contributed by atoms with Gasteiger partial charge in [-0.2, -0.15) is 0 Å². The van der Waals surface area contributed by atoms with E-state index in [0.29, 0.717) is 17.2 Å². The van der Waals surface area contributed by atoms with Crippen LogP contribution < -0.4 is 5.73 Å². The van der Waals surface area contributed by atoms with E-state index in [4.69, 9.17) is 5.73 Å². The van der Waals surface area contributed by atoms with Crippen LogP contribution in [-0.2, 0) is 0 Å². The minimum Gasteiger partial charge on any atom is -0.398 e. The SMILES string of the molecule is Nc1cccc(F)c1-c1nc2ncc(Br)cc2[nH]1. The van der Waals surface area contributed by atoms with E-state index in [1.165, 1.54) is 6.07 Å². The molecular weight excluding hydrogens is 299 g/mol. The zero-order chi connectivity index (χ0) is 12.7. The monoisotopic (exact) mass is 306 g/mol. The maximum Gasteiger partial charge on any atom is 0.178 e. The van der Waals surface area contributed by atoms with Crippen LogP contribution in [0.5, 0.6) is 0 Å². The van der Waals surface area contributed by atoms with Gasteiger partial charge in [0.05, 0.1) is 11.1 Å². The van der Waals surface area contributed by atoms with Gasteiger partial charge in [0.2, 0.25) is 0 Å². The Balaban J connectivity index is 2.26. The fourth-order valence-corrected chi connectivity index (χ4v) is 2.11. The van der Waals surface area contributed by atoms with E-state index in [1.54, 1.807) is 18.3 Å². The lowest BCUT2D eigenvalue weighted by atomic mass is 10.1. The molecular formula is C12H8BrFN4. The number of pyridine rings is 1. The number of H-pyrrole nitrogens is 1. The largest absolute Gasteiger partial charge is 0.398 e. The molecule has 0 fully saturated rings. The topological polar surface area (TPSA) is 67.6 Å². The lowest BCUT2D eigenvalue weighted by Gasteiger charge is -2.02. The molecule has 0 aliphatic carbocycles. The summed E-state index contributed by atoms with van der Waals surface area (Å²) in [5.74, 6) is -0.0284. The van der Waals surface area contributed by atoms with E-state index in [-0.39, 0.29) is 5.56 Å². The van der Waals surface area contributed by atoms with Crippen molar-refractivity contribution in [3.8, 4) is 11.4 Å². The molecule has 3 N–H and O–H groups in total. The minimum atomic E-state index is -0.409. The molecule has 6 heteroatoms. The number of benzene rings is 1. The van der Waals surface area contributed by atoms with E-state index in [2.05, 4.69) is 30.9 Å². The van der Waals surface area contributed by atoms with Gasteiger partial charge in [0.25, 0.3) is 0 Å². The van der Waals surface area contributed by atoms with Gasteiger partial charge in [-0.1, -0.05) is 6.07 Å². The molecule has 0 aliphatic rings. The van der Waals surface area contributed by atoms with Gasteiger partial charge in [0, 0.05) is 16.4 Å². The second kappa shape index (κ2) is 4.06. The van der Waals surface area contributed by atoms with Crippen LogP contribution in [0.2, 0.25) is 0 Å². The van der Waals surface area contributed by atoms with Crippen molar-refractivity contribution in [1.29, 1.82) is 0 Å². The Morgan fingerprint density at radius 2 is 2.17 bits per heavy atom. The summed E-state index contributed by atoms with van der Waals surface area (Å²) in [5, 5.41) is 0. The second-order valence-electron chi connectivity index (χ2n) is 3.81. The zero-order valence-corrected chi connectivity index (χ0v) is 10.7. The normalized spacial score (nSPS) is 11.0.